The van der Waals surface area contributed by atoms with Crippen molar-refractivity contribution in [3.63, 3.8) is 0 Å². The Morgan fingerprint density at radius 1 is 1.15 bits per heavy atom. The van der Waals surface area contributed by atoms with Crippen molar-refractivity contribution in [1.82, 2.24) is 0 Å². The number of fused-ring (bicyclic) bond motifs is 5. The fourth-order valence-electron chi connectivity index (χ4n) is 7.57. The fourth-order valence-corrected chi connectivity index (χ4v) is 7.57. The van der Waals surface area contributed by atoms with E-state index in [1.54, 1.807) is 0 Å². The average molecular weight is 361 g/mol. The molecule has 0 spiro atoms. The first kappa shape index (κ1) is 18.5. The SMILES string of the molecule is C[C@@H]1C[C@@H]2[C@H](CC[C@]3(C)C(=O)CC[C@@H]23)[C@@]2(C)CC/C(=N/OCCN)CC12. The lowest BCUT2D eigenvalue weighted by Gasteiger charge is -2.61. The van der Waals surface area contributed by atoms with Crippen molar-refractivity contribution in [1.29, 1.82) is 0 Å². The van der Waals surface area contributed by atoms with E-state index in [1.165, 1.54) is 25.0 Å². The third kappa shape index (κ3) is 2.66. The molecule has 0 aromatic rings. The van der Waals surface area contributed by atoms with E-state index < -0.39 is 0 Å². The average Bonchev–Trinajstić information content (AvgIpc) is 2.92. The maximum atomic E-state index is 12.6. The van der Waals surface area contributed by atoms with Gasteiger partial charge in [0.25, 0.3) is 0 Å². The first-order valence-electron chi connectivity index (χ1n) is 10.8. The summed E-state index contributed by atoms with van der Waals surface area (Å²) in [6, 6.07) is 0. The summed E-state index contributed by atoms with van der Waals surface area (Å²) >= 11 is 0. The predicted octanol–water partition coefficient (Wildman–Crippen LogP) is 4.18. The molecule has 4 aliphatic carbocycles. The minimum absolute atomic E-state index is 0.0125. The van der Waals surface area contributed by atoms with Crippen molar-refractivity contribution in [3.05, 3.63) is 0 Å². The van der Waals surface area contributed by atoms with Gasteiger partial charge in [0.15, 0.2) is 0 Å². The number of nitrogens with zero attached hydrogens (tertiary/aromatic N) is 1. The quantitative estimate of drug-likeness (QED) is 0.607. The van der Waals surface area contributed by atoms with E-state index in [2.05, 4.69) is 25.9 Å². The van der Waals surface area contributed by atoms with Crippen molar-refractivity contribution in [3.8, 4) is 0 Å². The van der Waals surface area contributed by atoms with Crippen LogP contribution in [0, 0.1) is 40.4 Å². The Morgan fingerprint density at radius 3 is 2.73 bits per heavy atom. The molecule has 7 atom stereocenters. The summed E-state index contributed by atoms with van der Waals surface area (Å²) in [5, 5.41) is 4.40. The summed E-state index contributed by atoms with van der Waals surface area (Å²) in [5.74, 6) is 4.15. The molecule has 0 bridgehead atoms. The largest absolute Gasteiger partial charge is 0.395 e. The molecular formula is C22H36N2O2. The van der Waals surface area contributed by atoms with Crippen molar-refractivity contribution < 1.29 is 9.63 Å². The second-order valence-corrected chi connectivity index (χ2v) is 10.1. The molecular weight excluding hydrogens is 324 g/mol. The van der Waals surface area contributed by atoms with Gasteiger partial charge in [-0.1, -0.05) is 25.9 Å². The molecule has 1 unspecified atom stereocenters. The van der Waals surface area contributed by atoms with E-state index in [0.29, 0.717) is 42.1 Å². The number of nitrogens with two attached hydrogens (primary N) is 1. The molecule has 26 heavy (non-hydrogen) atoms. The van der Waals surface area contributed by atoms with Gasteiger partial charge in [-0.25, -0.2) is 0 Å². The number of carbonyl (C=O) groups is 1. The molecule has 0 heterocycles. The Balaban J connectivity index is 1.56. The zero-order valence-electron chi connectivity index (χ0n) is 16.8. The van der Waals surface area contributed by atoms with Crippen LogP contribution in [-0.4, -0.2) is 24.6 Å². The lowest BCUT2D eigenvalue weighted by Crippen LogP contribution is -2.56. The summed E-state index contributed by atoms with van der Waals surface area (Å²) in [6.07, 6.45) is 9.02. The molecule has 0 aliphatic heterocycles. The van der Waals surface area contributed by atoms with Gasteiger partial charge >= 0.3 is 0 Å². The summed E-state index contributed by atoms with van der Waals surface area (Å²) in [5.41, 5.74) is 7.14. The highest BCUT2D eigenvalue weighted by atomic mass is 16.6. The molecule has 4 aliphatic rings. The van der Waals surface area contributed by atoms with Crippen LogP contribution in [0.5, 0.6) is 0 Å². The summed E-state index contributed by atoms with van der Waals surface area (Å²) < 4.78 is 0. The van der Waals surface area contributed by atoms with Crippen molar-refractivity contribution in [2.24, 2.45) is 51.3 Å². The number of hydrogen-bond acceptors (Lipinski definition) is 4. The molecule has 0 radical (unpaired) electrons. The normalized spacial score (nSPS) is 49.5. The van der Waals surface area contributed by atoms with Crippen LogP contribution < -0.4 is 5.73 Å². The third-order valence-corrected chi connectivity index (χ3v) is 8.98. The smallest absolute Gasteiger partial charge is 0.139 e. The van der Waals surface area contributed by atoms with E-state index in [1.807, 2.05) is 0 Å². The van der Waals surface area contributed by atoms with Crippen LogP contribution in [0.4, 0.5) is 0 Å². The number of rotatable bonds is 3. The van der Waals surface area contributed by atoms with E-state index in [4.69, 9.17) is 10.6 Å². The summed E-state index contributed by atoms with van der Waals surface area (Å²) in [6.45, 7) is 8.33. The highest BCUT2D eigenvalue weighted by Gasteiger charge is 2.61. The highest BCUT2D eigenvalue weighted by molar-refractivity contribution is 5.87. The minimum Gasteiger partial charge on any atom is -0.395 e. The van der Waals surface area contributed by atoms with Crippen LogP contribution in [0.15, 0.2) is 5.16 Å². The molecule has 2 N–H and O–H groups in total. The molecule has 4 saturated carbocycles. The minimum atomic E-state index is -0.0125. The van der Waals surface area contributed by atoms with Gasteiger partial charge in [-0.15, -0.1) is 0 Å². The van der Waals surface area contributed by atoms with Crippen LogP contribution in [0.1, 0.15) is 72.1 Å². The van der Waals surface area contributed by atoms with Crippen molar-refractivity contribution in [2.75, 3.05) is 13.2 Å². The van der Waals surface area contributed by atoms with Gasteiger partial charge in [0.05, 0.1) is 5.71 Å². The maximum Gasteiger partial charge on any atom is 0.139 e. The molecule has 0 saturated heterocycles. The van der Waals surface area contributed by atoms with Gasteiger partial charge in [-0.2, -0.15) is 0 Å². The highest BCUT2D eigenvalue weighted by Crippen LogP contribution is 2.66. The van der Waals surface area contributed by atoms with Crippen molar-refractivity contribution in [2.45, 2.75) is 72.1 Å². The van der Waals surface area contributed by atoms with Crippen LogP contribution in [0.2, 0.25) is 0 Å². The zero-order chi connectivity index (χ0) is 18.5. The Bertz CT molecular complexity index is 603. The topological polar surface area (TPSA) is 64.7 Å². The van der Waals surface area contributed by atoms with Crippen LogP contribution in [0.25, 0.3) is 0 Å². The van der Waals surface area contributed by atoms with Gasteiger partial charge in [0, 0.05) is 18.4 Å². The summed E-state index contributed by atoms with van der Waals surface area (Å²) in [4.78, 5) is 18.0. The molecule has 4 rings (SSSR count). The van der Waals surface area contributed by atoms with Gasteiger partial charge in [0.2, 0.25) is 0 Å². The van der Waals surface area contributed by atoms with Crippen LogP contribution >= 0.6 is 0 Å². The van der Waals surface area contributed by atoms with Crippen LogP contribution in [-0.2, 0) is 9.63 Å². The third-order valence-electron chi connectivity index (χ3n) is 8.98. The second kappa shape index (κ2) is 6.61. The van der Waals surface area contributed by atoms with Gasteiger partial charge in [-0.05, 0) is 80.0 Å². The monoisotopic (exact) mass is 360 g/mol. The Kier molecular flexibility index (Phi) is 4.70. The van der Waals surface area contributed by atoms with E-state index in [-0.39, 0.29) is 5.41 Å². The molecule has 4 nitrogen and oxygen atoms in total. The van der Waals surface area contributed by atoms with Gasteiger partial charge in [0.1, 0.15) is 12.4 Å². The maximum absolute atomic E-state index is 12.6. The Hall–Kier alpha value is -0.900. The number of oxime groups is 1. The predicted molar refractivity (Wildman–Crippen MR) is 104 cm³/mol. The van der Waals surface area contributed by atoms with E-state index in [9.17, 15) is 4.79 Å². The van der Waals surface area contributed by atoms with Crippen LogP contribution in [0.3, 0.4) is 0 Å². The number of hydrogen-bond donors (Lipinski definition) is 1. The van der Waals surface area contributed by atoms with E-state index >= 15 is 0 Å². The number of carbonyl (C=O) groups excluding carboxylic acids is 1. The fraction of sp³-hybridized carbons (Fsp3) is 0.909. The summed E-state index contributed by atoms with van der Waals surface area (Å²) in [7, 11) is 0. The molecule has 146 valence electrons. The molecule has 0 aromatic carbocycles. The standard InChI is InChI=1S/C22H36N2O2/c1-14-12-16-17-4-5-20(25)22(17,3)9-7-18(16)21(2)8-6-15(13-19(14)21)24-26-11-10-23/h14,16-19H,4-13,23H2,1-3H3/b24-15-/t14-,16+,17+,18+,19?,21-,22+/m1/s1. The first-order valence-corrected chi connectivity index (χ1v) is 10.8. The Labute approximate surface area is 158 Å². The molecule has 4 heteroatoms. The van der Waals surface area contributed by atoms with E-state index in [0.717, 1.165) is 43.9 Å². The Morgan fingerprint density at radius 2 is 1.96 bits per heavy atom. The lowest BCUT2D eigenvalue weighted by atomic mass is 9.43. The number of ketones is 1. The van der Waals surface area contributed by atoms with Gasteiger partial charge in [-0.3, -0.25) is 4.79 Å². The number of Topliss-reactive ketones (excluding diaryl/α,β-unsaturated/α-hetero) is 1. The van der Waals surface area contributed by atoms with Gasteiger partial charge < -0.3 is 10.6 Å². The first-order chi connectivity index (χ1) is 12.4. The molecule has 0 aromatic heterocycles. The second-order valence-electron chi connectivity index (χ2n) is 10.1. The zero-order valence-corrected chi connectivity index (χ0v) is 16.8. The van der Waals surface area contributed by atoms with Crippen molar-refractivity contribution >= 4 is 11.5 Å². The lowest BCUT2D eigenvalue weighted by molar-refractivity contribution is -0.141. The molecule has 0 amide bonds. The molecule has 4 fully saturated rings.